The Hall–Kier alpha value is -3.64. The Morgan fingerprint density at radius 2 is 1.75 bits per heavy atom. The van der Waals surface area contributed by atoms with E-state index in [0.29, 0.717) is 24.7 Å². The highest BCUT2D eigenvalue weighted by atomic mass is 16.5. The number of aliphatic carboxylic acids is 1. The molecule has 0 aliphatic rings. The van der Waals surface area contributed by atoms with Crippen LogP contribution in [0, 0.1) is 0 Å². The van der Waals surface area contributed by atoms with Crippen LogP contribution in [0.4, 0.5) is 0 Å². The number of nitrogens with zero attached hydrogens (tertiary/aromatic N) is 1. The summed E-state index contributed by atoms with van der Waals surface area (Å²) in [5.74, 6) is 0.510. The summed E-state index contributed by atoms with van der Waals surface area (Å²) in [4.78, 5) is 15.0. The van der Waals surface area contributed by atoms with Crippen LogP contribution in [0.1, 0.15) is 18.9 Å². The van der Waals surface area contributed by atoms with Crippen LogP contribution in [0.2, 0.25) is 0 Å². The molecule has 0 radical (unpaired) electrons. The van der Waals surface area contributed by atoms with Gasteiger partial charge in [-0.05, 0) is 23.6 Å². The van der Waals surface area contributed by atoms with Crippen molar-refractivity contribution in [3.05, 3.63) is 72.4 Å². The van der Waals surface area contributed by atoms with Gasteiger partial charge in [0.2, 0.25) is 5.71 Å². The number of fused-ring (bicyclic) bond motifs is 1. The Balaban J connectivity index is 1.71. The molecule has 0 saturated heterocycles. The lowest BCUT2D eigenvalue weighted by molar-refractivity contribution is -0.138. The van der Waals surface area contributed by atoms with Crippen LogP contribution in [0.15, 0.2) is 71.3 Å². The Labute approximate surface area is 186 Å². The number of ether oxygens (including phenoxy) is 2. The lowest BCUT2D eigenvalue weighted by Gasteiger charge is -2.10. The van der Waals surface area contributed by atoms with E-state index in [1.165, 1.54) is 5.56 Å². The van der Waals surface area contributed by atoms with E-state index in [-0.39, 0.29) is 13.0 Å². The number of furan rings is 1. The summed E-state index contributed by atoms with van der Waals surface area (Å²) in [6.07, 6.45) is 2.60. The van der Waals surface area contributed by atoms with Crippen molar-refractivity contribution in [1.82, 2.24) is 4.98 Å². The minimum atomic E-state index is -0.882. The number of benzene rings is 2. The van der Waals surface area contributed by atoms with Gasteiger partial charge in [0.05, 0.1) is 25.0 Å². The van der Waals surface area contributed by atoms with Gasteiger partial charge in [0, 0.05) is 17.3 Å². The van der Waals surface area contributed by atoms with Crippen molar-refractivity contribution >= 4 is 17.1 Å². The van der Waals surface area contributed by atoms with Crippen LogP contribution in [0.5, 0.6) is 5.75 Å². The predicted molar refractivity (Wildman–Crippen MR) is 123 cm³/mol. The number of carboxylic acid groups (broad SMARTS) is 1. The summed E-state index contributed by atoms with van der Waals surface area (Å²) in [6, 6.07) is 20.2. The zero-order chi connectivity index (χ0) is 22.3. The van der Waals surface area contributed by atoms with E-state index in [4.69, 9.17) is 19.0 Å². The minimum Gasteiger partial charge on any atom is -0.490 e. The number of hydrogen-bond donors (Lipinski definition) is 1. The van der Waals surface area contributed by atoms with Crippen LogP contribution in [0.3, 0.4) is 0 Å². The van der Waals surface area contributed by atoms with Gasteiger partial charge in [0.1, 0.15) is 18.1 Å². The van der Waals surface area contributed by atoms with Gasteiger partial charge in [-0.1, -0.05) is 61.5 Å². The van der Waals surface area contributed by atoms with E-state index < -0.39 is 5.97 Å². The van der Waals surface area contributed by atoms with E-state index in [1.54, 1.807) is 6.20 Å². The first-order valence-electron chi connectivity index (χ1n) is 10.7. The zero-order valence-electron chi connectivity index (χ0n) is 17.9. The van der Waals surface area contributed by atoms with Crippen LogP contribution in [-0.4, -0.2) is 35.9 Å². The average Bonchev–Trinajstić information content (AvgIpc) is 3.22. The summed E-state index contributed by atoms with van der Waals surface area (Å²) in [5, 5.41) is 9.51. The zero-order valence-corrected chi connectivity index (χ0v) is 17.9. The van der Waals surface area contributed by atoms with Gasteiger partial charge in [0.25, 0.3) is 0 Å². The summed E-state index contributed by atoms with van der Waals surface area (Å²) in [5.41, 5.74) is 4.68. The Morgan fingerprint density at radius 1 is 0.969 bits per heavy atom. The lowest BCUT2D eigenvalue weighted by Crippen LogP contribution is -2.10. The molecule has 0 unspecified atom stereocenters. The third-order valence-corrected chi connectivity index (χ3v) is 5.19. The van der Waals surface area contributed by atoms with Gasteiger partial charge >= 0.3 is 5.97 Å². The molecular formula is C26H25NO5. The Bertz CT molecular complexity index is 1180. The van der Waals surface area contributed by atoms with Gasteiger partial charge < -0.3 is 19.0 Å². The minimum absolute atomic E-state index is 0.0282. The van der Waals surface area contributed by atoms with Gasteiger partial charge in [0.15, 0.2) is 0 Å². The van der Waals surface area contributed by atoms with Crippen molar-refractivity contribution in [2.24, 2.45) is 0 Å². The number of carboxylic acids is 1. The molecule has 0 spiro atoms. The molecule has 1 N–H and O–H groups in total. The number of pyridine rings is 1. The highest BCUT2D eigenvalue weighted by Crippen LogP contribution is 2.43. The number of carbonyl (C=O) groups is 1. The molecule has 2 aromatic heterocycles. The Morgan fingerprint density at radius 3 is 2.47 bits per heavy atom. The molecule has 6 nitrogen and oxygen atoms in total. The highest BCUT2D eigenvalue weighted by molar-refractivity contribution is 6.03. The molecule has 4 aromatic rings. The largest absolute Gasteiger partial charge is 0.490 e. The molecule has 0 bridgehead atoms. The summed E-state index contributed by atoms with van der Waals surface area (Å²) < 4.78 is 17.6. The Kier molecular flexibility index (Phi) is 6.82. The van der Waals surface area contributed by atoms with E-state index >= 15 is 0 Å². The van der Waals surface area contributed by atoms with Crippen molar-refractivity contribution in [1.29, 1.82) is 0 Å². The van der Waals surface area contributed by atoms with Gasteiger partial charge in [-0.2, -0.15) is 0 Å². The van der Waals surface area contributed by atoms with Crippen LogP contribution in [0.25, 0.3) is 33.6 Å². The summed E-state index contributed by atoms with van der Waals surface area (Å²) >= 11 is 0. The van der Waals surface area contributed by atoms with Gasteiger partial charge in [-0.25, -0.2) is 4.98 Å². The van der Waals surface area contributed by atoms with E-state index in [2.05, 4.69) is 36.2 Å². The monoisotopic (exact) mass is 431 g/mol. The van der Waals surface area contributed by atoms with Crippen molar-refractivity contribution in [3.8, 4) is 28.2 Å². The number of aryl methyl sites for hydroxylation is 1. The third-order valence-electron chi connectivity index (χ3n) is 5.19. The van der Waals surface area contributed by atoms with Crippen LogP contribution in [-0.2, 0) is 16.0 Å². The topological polar surface area (TPSA) is 81.8 Å². The maximum atomic E-state index is 10.6. The average molecular weight is 431 g/mol. The van der Waals surface area contributed by atoms with Crippen molar-refractivity contribution in [2.45, 2.75) is 19.8 Å². The lowest BCUT2D eigenvalue weighted by atomic mass is 9.97. The number of rotatable bonds is 10. The highest BCUT2D eigenvalue weighted by Gasteiger charge is 2.22. The molecule has 0 fully saturated rings. The molecule has 0 aliphatic heterocycles. The maximum Gasteiger partial charge on any atom is 0.305 e. The van der Waals surface area contributed by atoms with Crippen LogP contribution >= 0.6 is 0 Å². The van der Waals surface area contributed by atoms with E-state index in [9.17, 15) is 4.79 Å². The first kappa shape index (κ1) is 21.6. The van der Waals surface area contributed by atoms with E-state index in [1.807, 2.05) is 36.4 Å². The van der Waals surface area contributed by atoms with Gasteiger partial charge in [-0.15, -0.1) is 0 Å². The maximum absolute atomic E-state index is 10.6. The SMILES string of the molecule is CCc1ccc(-c2c(-c3ccccc3)oc3nccc(OCCOCCC(=O)O)c23)cc1. The first-order valence-corrected chi connectivity index (χ1v) is 10.7. The second-order valence-electron chi connectivity index (χ2n) is 7.32. The van der Waals surface area contributed by atoms with Crippen molar-refractivity contribution in [2.75, 3.05) is 19.8 Å². The van der Waals surface area contributed by atoms with E-state index in [0.717, 1.165) is 34.3 Å². The molecule has 0 aliphatic carbocycles. The quantitative estimate of drug-likeness (QED) is 0.330. The molecular weight excluding hydrogens is 406 g/mol. The fraction of sp³-hybridized carbons (Fsp3) is 0.231. The van der Waals surface area contributed by atoms with Crippen LogP contribution < -0.4 is 4.74 Å². The molecule has 4 rings (SSSR count). The molecule has 32 heavy (non-hydrogen) atoms. The standard InChI is InChI=1S/C26H25NO5/c1-2-18-8-10-19(11-9-18)23-24-21(31-17-16-30-15-13-22(28)29)12-14-27-26(24)32-25(23)20-6-4-3-5-7-20/h3-12,14H,2,13,15-17H2,1H3,(H,28,29). The molecule has 164 valence electrons. The first-order chi connectivity index (χ1) is 15.7. The fourth-order valence-corrected chi connectivity index (χ4v) is 3.56. The third kappa shape index (κ3) is 4.81. The second-order valence-corrected chi connectivity index (χ2v) is 7.32. The normalized spacial score (nSPS) is 11.0. The summed E-state index contributed by atoms with van der Waals surface area (Å²) in [7, 11) is 0. The molecule has 0 amide bonds. The van der Waals surface area contributed by atoms with Crippen molar-refractivity contribution in [3.63, 3.8) is 0 Å². The fourth-order valence-electron chi connectivity index (χ4n) is 3.56. The molecule has 6 heteroatoms. The molecule has 2 heterocycles. The molecule has 0 saturated carbocycles. The predicted octanol–water partition coefficient (Wildman–Crippen LogP) is 5.59. The number of aromatic nitrogens is 1. The number of hydrogen-bond acceptors (Lipinski definition) is 5. The molecule has 0 atom stereocenters. The smallest absolute Gasteiger partial charge is 0.305 e. The van der Waals surface area contributed by atoms with Crippen molar-refractivity contribution < 1.29 is 23.8 Å². The summed E-state index contributed by atoms with van der Waals surface area (Å²) in [6.45, 7) is 2.87. The second kappa shape index (κ2) is 10.1. The molecule has 2 aromatic carbocycles. The van der Waals surface area contributed by atoms with Gasteiger partial charge in [-0.3, -0.25) is 4.79 Å².